The number of amides is 1. The van der Waals surface area contributed by atoms with Crippen molar-refractivity contribution in [1.29, 1.82) is 0 Å². The third-order valence-corrected chi connectivity index (χ3v) is 3.68. The van der Waals surface area contributed by atoms with Crippen LogP contribution in [0, 0.1) is 11.6 Å². The third kappa shape index (κ3) is 4.00. The zero-order valence-corrected chi connectivity index (χ0v) is 14.0. The van der Waals surface area contributed by atoms with E-state index in [0.29, 0.717) is 6.54 Å². The fourth-order valence-electron chi connectivity index (χ4n) is 2.39. The molecule has 0 aliphatic carbocycles. The van der Waals surface area contributed by atoms with E-state index in [1.807, 2.05) is 30.3 Å². The number of nitrogens with zero attached hydrogens (tertiary/aromatic N) is 3. The highest BCUT2D eigenvalue weighted by molar-refractivity contribution is 5.92. The summed E-state index contributed by atoms with van der Waals surface area (Å²) in [6, 6.07) is 14.5. The normalized spacial score (nSPS) is 10.4. The Morgan fingerprint density at radius 3 is 2.42 bits per heavy atom. The van der Waals surface area contributed by atoms with Gasteiger partial charge in [-0.15, -0.1) is 0 Å². The zero-order chi connectivity index (χ0) is 18.5. The average Bonchev–Trinajstić information content (AvgIpc) is 2.65. The summed E-state index contributed by atoms with van der Waals surface area (Å²) in [4.78, 5) is 22.0. The van der Waals surface area contributed by atoms with Gasteiger partial charge in [-0.05, 0) is 23.8 Å². The number of rotatable bonds is 5. The van der Waals surface area contributed by atoms with E-state index in [1.54, 1.807) is 7.05 Å². The predicted octanol–water partition coefficient (Wildman–Crippen LogP) is 3.77. The molecule has 2 aromatic carbocycles. The van der Waals surface area contributed by atoms with E-state index in [1.165, 1.54) is 23.2 Å². The Morgan fingerprint density at radius 2 is 1.73 bits per heavy atom. The van der Waals surface area contributed by atoms with Gasteiger partial charge in [0.2, 0.25) is 5.95 Å². The van der Waals surface area contributed by atoms with Crippen LogP contribution in [0.15, 0.2) is 60.8 Å². The van der Waals surface area contributed by atoms with Crippen molar-refractivity contribution in [3.05, 3.63) is 83.7 Å². The molecule has 132 valence electrons. The van der Waals surface area contributed by atoms with Crippen molar-refractivity contribution < 1.29 is 13.6 Å². The molecule has 0 saturated heterocycles. The molecule has 0 radical (unpaired) electrons. The number of carbonyl (C=O) groups excluding carboxylic acids is 1. The van der Waals surface area contributed by atoms with Crippen LogP contribution in [-0.2, 0) is 6.54 Å². The molecule has 0 spiro atoms. The van der Waals surface area contributed by atoms with Crippen LogP contribution in [0.25, 0.3) is 0 Å². The molecule has 0 atom stereocenters. The Balaban J connectivity index is 1.77. The number of halogens is 2. The van der Waals surface area contributed by atoms with Crippen LogP contribution < -0.4 is 5.32 Å². The van der Waals surface area contributed by atoms with Crippen LogP contribution in [0.5, 0.6) is 0 Å². The number of hydrogen-bond donors (Lipinski definition) is 1. The van der Waals surface area contributed by atoms with Gasteiger partial charge in [-0.25, -0.2) is 18.7 Å². The van der Waals surface area contributed by atoms with Gasteiger partial charge < -0.3 is 10.2 Å². The number of hydrogen-bond acceptors (Lipinski definition) is 4. The van der Waals surface area contributed by atoms with Crippen LogP contribution >= 0.6 is 0 Å². The molecule has 0 aliphatic rings. The minimum atomic E-state index is -0.772. The number of nitrogens with one attached hydrogen (secondary N) is 1. The lowest BCUT2D eigenvalue weighted by atomic mass is 10.2. The van der Waals surface area contributed by atoms with Crippen molar-refractivity contribution in [3.8, 4) is 0 Å². The second-order valence-corrected chi connectivity index (χ2v) is 5.63. The van der Waals surface area contributed by atoms with E-state index in [-0.39, 0.29) is 23.2 Å². The fraction of sp³-hybridized carbons (Fsp3) is 0.105. The SMILES string of the molecule is CN(Cc1ccccc1)C(=O)c1ccnc(Nc2c(F)cccc2F)n1. The summed E-state index contributed by atoms with van der Waals surface area (Å²) in [7, 11) is 1.65. The molecule has 0 unspecified atom stereocenters. The minimum Gasteiger partial charge on any atom is -0.336 e. The van der Waals surface area contributed by atoms with Crippen molar-refractivity contribution in [2.24, 2.45) is 0 Å². The fourth-order valence-corrected chi connectivity index (χ4v) is 2.39. The van der Waals surface area contributed by atoms with Crippen molar-refractivity contribution in [2.75, 3.05) is 12.4 Å². The first-order valence-electron chi connectivity index (χ1n) is 7.88. The van der Waals surface area contributed by atoms with E-state index in [9.17, 15) is 13.6 Å². The van der Waals surface area contributed by atoms with E-state index in [0.717, 1.165) is 17.7 Å². The zero-order valence-electron chi connectivity index (χ0n) is 14.0. The lowest BCUT2D eigenvalue weighted by Crippen LogP contribution is -2.27. The Kier molecular flexibility index (Phi) is 5.17. The molecular weight excluding hydrogens is 338 g/mol. The quantitative estimate of drug-likeness (QED) is 0.758. The second kappa shape index (κ2) is 7.69. The Labute approximate surface area is 149 Å². The topological polar surface area (TPSA) is 58.1 Å². The van der Waals surface area contributed by atoms with Gasteiger partial charge in [0, 0.05) is 19.8 Å². The van der Waals surface area contributed by atoms with Crippen LogP contribution in [0.2, 0.25) is 0 Å². The number of benzene rings is 2. The largest absolute Gasteiger partial charge is 0.336 e. The van der Waals surface area contributed by atoms with Gasteiger partial charge in [0.15, 0.2) is 0 Å². The number of para-hydroxylation sites is 1. The summed E-state index contributed by atoms with van der Waals surface area (Å²) in [5.41, 5.74) is 0.733. The van der Waals surface area contributed by atoms with E-state index in [4.69, 9.17) is 0 Å². The molecule has 0 fully saturated rings. The molecular formula is C19H16F2N4O. The molecule has 1 aromatic heterocycles. The molecule has 1 heterocycles. The number of aromatic nitrogens is 2. The maximum Gasteiger partial charge on any atom is 0.272 e. The summed E-state index contributed by atoms with van der Waals surface area (Å²) < 4.78 is 27.5. The third-order valence-electron chi connectivity index (χ3n) is 3.68. The predicted molar refractivity (Wildman–Crippen MR) is 93.9 cm³/mol. The smallest absolute Gasteiger partial charge is 0.272 e. The molecule has 3 aromatic rings. The maximum atomic E-state index is 13.7. The summed E-state index contributed by atoms with van der Waals surface area (Å²) >= 11 is 0. The lowest BCUT2D eigenvalue weighted by Gasteiger charge is -2.17. The number of carbonyl (C=O) groups is 1. The van der Waals surface area contributed by atoms with Gasteiger partial charge in [-0.2, -0.15) is 0 Å². The lowest BCUT2D eigenvalue weighted by molar-refractivity contribution is 0.0779. The van der Waals surface area contributed by atoms with E-state index >= 15 is 0 Å². The summed E-state index contributed by atoms with van der Waals surface area (Å²) in [5.74, 6) is -1.93. The first kappa shape index (κ1) is 17.5. The van der Waals surface area contributed by atoms with Gasteiger partial charge >= 0.3 is 0 Å². The van der Waals surface area contributed by atoms with Gasteiger partial charge in [0.1, 0.15) is 23.0 Å². The highest BCUT2D eigenvalue weighted by atomic mass is 19.1. The molecule has 5 nitrogen and oxygen atoms in total. The van der Waals surface area contributed by atoms with Gasteiger partial charge in [-0.3, -0.25) is 4.79 Å². The second-order valence-electron chi connectivity index (χ2n) is 5.63. The molecule has 0 aliphatic heterocycles. The summed E-state index contributed by atoms with van der Waals surface area (Å²) in [6.45, 7) is 0.411. The molecule has 0 saturated carbocycles. The maximum absolute atomic E-state index is 13.7. The highest BCUT2D eigenvalue weighted by Gasteiger charge is 2.16. The van der Waals surface area contributed by atoms with Gasteiger partial charge in [0.25, 0.3) is 5.91 Å². The first-order valence-corrected chi connectivity index (χ1v) is 7.88. The van der Waals surface area contributed by atoms with Crippen molar-refractivity contribution >= 4 is 17.5 Å². The molecule has 3 rings (SSSR count). The molecule has 26 heavy (non-hydrogen) atoms. The van der Waals surface area contributed by atoms with Crippen molar-refractivity contribution in [2.45, 2.75) is 6.54 Å². The van der Waals surface area contributed by atoms with Crippen LogP contribution in [0.1, 0.15) is 16.1 Å². The van der Waals surface area contributed by atoms with Gasteiger partial charge in [0.05, 0.1) is 0 Å². The van der Waals surface area contributed by atoms with Crippen LogP contribution in [0.3, 0.4) is 0 Å². The molecule has 1 amide bonds. The van der Waals surface area contributed by atoms with Crippen molar-refractivity contribution in [3.63, 3.8) is 0 Å². The standard InChI is InChI=1S/C19H16F2N4O/c1-25(12-13-6-3-2-4-7-13)18(26)16-10-11-22-19(23-16)24-17-14(20)8-5-9-15(17)21/h2-11H,12H2,1H3,(H,22,23,24). The molecule has 1 N–H and O–H groups in total. The average molecular weight is 354 g/mol. The van der Waals surface area contributed by atoms with Crippen LogP contribution in [-0.4, -0.2) is 27.8 Å². The first-order chi connectivity index (χ1) is 12.5. The highest BCUT2D eigenvalue weighted by Crippen LogP contribution is 2.21. The van der Waals surface area contributed by atoms with Gasteiger partial charge in [-0.1, -0.05) is 36.4 Å². The van der Waals surface area contributed by atoms with Crippen molar-refractivity contribution in [1.82, 2.24) is 14.9 Å². The van der Waals surface area contributed by atoms with Crippen LogP contribution in [0.4, 0.5) is 20.4 Å². The van der Waals surface area contributed by atoms with E-state index < -0.39 is 11.6 Å². The Morgan fingerprint density at radius 1 is 1.04 bits per heavy atom. The Bertz CT molecular complexity index is 898. The molecule has 0 bridgehead atoms. The molecule has 7 heteroatoms. The van der Waals surface area contributed by atoms with E-state index in [2.05, 4.69) is 15.3 Å². The summed E-state index contributed by atoms with van der Waals surface area (Å²) in [5, 5.41) is 2.48. The summed E-state index contributed by atoms with van der Waals surface area (Å²) in [6.07, 6.45) is 1.36. The monoisotopic (exact) mass is 354 g/mol. The minimum absolute atomic E-state index is 0.0621. The number of anilines is 2. The Hall–Kier alpha value is -3.35.